The number of H-pyrrole nitrogens is 1. The van der Waals surface area contributed by atoms with Crippen LogP contribution in [0.2, 0.25) is 0 Å². The summed E-state index contributed by atoms with van der Waals surface area (Å²) in [5.74, 6) is -2.28. The summed E-state index contributed by atoms with van der Waals surface area (Å²) in [5, 5.41) is 2.37. The van der Waals surface area contributed by atoms with Crippen molar-refractivity contribution >= 4 is 17.8 Å². The zero-order valence-corrected chi connectivity index (χ0v) is 12.3. The van der Waals surface area contributed by atoms with E-state index in [1.165, 1.54) is 19.4 Å². The first-order chi connectivity index (χ1) is 9.96. The van der Waals surface area contributed by atoms with Crippen LogP contribution in [0.25, 0.3) is 0 Å². The molecule has 116 valence electrons. The van der Waals surface area contributed by atoms with Gasteiger partial charge in [-0.15, -0.1) is 0 Å². The maximum Gasteiger partial charge on any atom is 0.344 e. The number of aromatic amines is 1. The molecule has 1 aromatic rings. The summed E-state index contributed by atoms with van der Waals surface area (Å²) in [6.07, 6.45) is 2.73. The van der Waals surface area contributed by atoms with Gasteiger partial charge in [-0.1, -0.05) is 0 Å². The van der Waals surface area contributed by atoms with Crippen LogP contribution in [0.3, 0.4) is 0 Å². The monoisotopic (exact) mass is 297 g/mol. The second-order valence-corrected chi connectivity index (χ2v) is 4.28. The average molecular weight is 297 g/mol. The van der Waals surface area contributed by atoms with E-state index in [-0.39, 0.29) is 19.6 Å². The van der Waals surface area contributed by atoms with E-state index >= 15 is 0 Å². The van der Waals surface area contributed by atoms with E-state index < -0.39 is 23.4 Å². The molecule has 0 saturated heterocycles. The van der Waals surface area contributed by atoms with Crippen molar-refractivity contribution in [2.45, 2.75) is 32.7 Å². The van der Waals surface area contributed by atoms with Gasteiger partial charge in [-0.05, 0) is 13.8 Å². The third kappa shape index (κ3) is 4.04. The quantitative estimate of drug-likeness (QED) is 0.539. The van der Waals surface area contributed by atoms with Crippen LogP contribution in [0, 0.1) is 0 Å². The topological polar surface area (TPSA) is 110 Å². The molecule has 8 heteroatoms. The van der Waals surface area contributed by atoms with Gasteiger partial charge in [0.15, 0.2) is 0 Å². The normalized spacial score (nSPS) is 10.8. The summed E-state index contributed by atoms with van der Waals surface area (Å²) < 4.78 is 9.87. The van der Waals surface area contributed by atoms with Crippen molar-refractivity contribution in [3.8, 4) is 0 Å². The van der Waals surface area contributed by atoms with Crippen LogP contribution in [0.4, 0.5) is 0 Å². The van der Waals surface area contributed by atoms with E-state index in [1.54, 1.807) is 13.8 Å². The van der Waals surface area contributed by atoms with Crippen molar-refractivity contribution in [2.24, 2.45) is 0 Å². The Morgan fingerprint density at radius 1 is 1.24 bits per heavy atom. The van der Waals surface area contributed by atoms with Crippen molar-refractivity contribution in [2.75, 3.05) is 13.2 Å². The zero-order chi connectivity index (χ0) is 15.9. The minimum Gasteiger partial charge on any atom is -0.464 e. The summed E-state index contributed by atoms with van der Waals surface area (Å²) >= 11 is 0. The number of hydrogen-bond acceptors (Lipinski definition) is 6. The lowest BCUT2D eigenvalue weighted by atomic mass is 9.93. The molecule has 1 amide bonds. The molecule has 0 saturated carbocycles. The van der Waals surface area contributed by atoms with Crippen molar-refractivity contribution in [1.29, 1.82) is 0 Å². The SMILES string of the molecule is CCOC(=O)C(Cc1cnc[nH]1)(NC(C)=O)C(=O)OCC. The zero-order valence-electron chi connectivity index (χ0n) is 12.3. The van der Waals surface area contributed by atoms with Crippen LogP contribution < -0.4 is 5.32 Å². The number of nitrogens with zero attached hydrogens (tertiary/aromatic N) is 1. The van der Waals surface area contributed by atoms with Crippen LogP contribution in [0.1, 0.15) is 26.5 Å². The number of esters is 2. The first-order valence-electron chi connectivity index (χ1n) is 6.56. The van der Waals surface area contributed by atoms with E-state index in [1.807, 2.05) is 0 Å². The molecule has 0 bridgehead atoms. The number of nitrogens with one attached hydrogen (secondary N) is 2. The van der Waals surface area contributed by atoms with Gasteiger partial charge in [0.2, 0.25) is 11.4 Å². The predicted molar refractivity (Wildman–Crippen MR) is 72.1 cm³/mol. The van der Waals surface area contributed by atoms with Crippen molar-refractivity contribution in [1.82, 2.24) is 15.3 Å². The summed E-state index contributed by atoms with van der Waals surface area (Å²) in [6, 6.07) is 0. The van der Waals surface area contributed by atoms with Gasteiger partial charge in [0.1, 0.15) is 0 Å². The maximum atomic E-state index is 12.3. The van der Waals surface area contributed by atoms with Gasteiger partial charge in [-0.3, -0.25) is 4.79 Å². The Morgan fingerprint density at radius 3 is 2.19 bits per heavy atom. The molecule has 1 heterocycles. The Hall–Kier alpha value is -2.38. The van der Waals surface area contributed by atoms with E-state index in [4.69, 9.17) is 9.47 Å². The Morgan fingerprint density at radius 2 is 1.81 bits per heavy atom. The van der Waals surface area contributed by atoms with Gasteiger partial charge >= 0.3 is 11.9 Å². The molecule has 1 aromatic heterocycles. The molecular weight excluding hydrogens is 278 g/mol. The highest BCUT2D eigenvalue weighted by molar-refractivity contribution is 6.08. The fraction of sp³-hybridized carbons (Fsp3) is 0.538. The van der Waals surface area contributed by atoms with E-state index in [9.17, 15) is 14.4 Å². The maximum absolute atomic E-state index is 12.3. The van der Waals surface area contributed by atoms with Gasteiger partial charge in [-0.2, -0.15) is 0 Å². The summed E-state index contributed by atoms with van der Waals surface area (Å²) in [6.45, 7) is 4.57. The van der Waals surface area contributed by atoms with E-state index in [0.717, 1.165) is 0 Å². The lowest BCUT2D eigenvalue weighted by molar-refractivity contribution is -0.168. The van der Waals surface area contributed by atoms with Gasteiger partial charge in [0, 0.05) is 25.2 Å². The molecule has 2 N–H and O–H groups in total. The van der Waals surface area contributed by atoms with Crippen LogP contribution >= 0.6 is 0 Å². The summed E-state index contributed by atoms with van der Waals surface area (Å²) in [7, 11) is 0. The Labute approximate surface area is 122 Å². The number of rotatable bonds is 7. The van der Waals surface area contributed by atoms with Gasteiger partial charge in [0.25, 0.3) is 0 Å². The van der Waals surface area contributed by atoms with Crippen molar-refractivity contribution in [3.05, 3.63) is 18.2 Å². The number of imidazole rings is 1. The summed E-state index contributed by atoms with van der Waals surface area (Å²) in [5.41, 5.74) is -1.44. The highest BCUT2D eigenvalue weighted by atomic mass is 16.6. The highest BCUT2D eigenvalue weighted by Gasteiger charge is 2.50. The van der Waals surface area contributed by atoms with E-state index in [0.29, 0.717) is 5.69 Å². The molecular formula is C13H19N3O5. The Bertz CT molecular complexity index is 480. The molecule has 0 radical (unpaired) electrons. The largest absolute Gasteiger partial charge is 0.464 e. The molecule has 21 heavy (non-hydrogen) atoms. The molecule has 0 fully saturated rings. The molecule has 0 aliphatic carbocycles. The molecule has 0 unspecified atom stereocenters. The number of hydrogen-bond donors (Lipinski definition) is 2. The number of aromatic nitrogens is 2. The van der Waals surface area contributed by atoms with Crippen LogP contribution in [0.15, 0.2) is 12.5 Å². The lowest BCUT2D eigenvalue weighted by Crippen LogP contribution is -2.62. The van der Waals surface area contributed by atoms with Crippen LogP contribution in [-0.2, 0) is 30.3 Å². The number of amides is 1. The standard InChI is InChI=1S/C13H19N3O5/c1-4-20-11(18)13(16-9(3)17,12(19)21-5-2)6-10-7-14-8-15-10/h7-8H,4-6H2,1-3H3,(H,14,15)(H,16,17). The van der Waals surface area contributed by atoms with Gasteiger partial charge < -0.3 is 19.8 Å². The highest BCUT2D eigenvalue weighted by Crippen LogP contribution is 2.17. The first-order valence-corrected chi connectivity index (χ1v) is 6.56. The predicted octanol–water partition coefficient (Wildman–Crippen LogP) is -0.0467. The average Bonchev–Trinajstić information content (AvgIpc) is 2.90. The second-order valence-electron chi connectivity index (χ2n) is 4.28. The molecule has 0 aromatic carbocycles. The number of carbonyl (C=O) groups excluding carboxylic acids is 3. The number of carbonyl (C=O) groups is 3. The van der Waals surface area contributed by atoms with Crippen LogP contribution in [-0.4, -0.2) is 46.6 Å². The molecule has 8 nitrogen and oxygen atoms in total. The van der Waals surface area contributed by atoms with Crippen molar-refractivity contribution in [3.63, 3.8) is 0 Å². The number of ether oxygens (including phenoxy) is 2. The van der Waals surface area contributed by atoms with Gasteiger partial charge in [-0.25, -0.2) is 14.6 Å². The fourth-order valence-corrected chi connectivity index (χ4v) is 1.85. The smallest absolute Gasteiger partial charge is 0.344 e. The third-order valence-corrected chi connectivity index (χ3v) is 2.65. The molecule has 0 spiro atoms. The summed E-state index contributed by atoms with van der Waals surface area (Å²) in [4.78, 5) is 42.6. The Balaban J connectivity index is 3.21. The first kappa shape index (κ1) is 16.7. The van der Waals surface area contributed by atoms with Crippen molar-refractivity contribution < 1.29 is 23.9 Å². The minimum atomic E-state index is -1.93. The molecule has 0 atom stereocenters. The van der Waals surface area contributed by atoms with Gasteiger partial charge in [0.05, 0.1) is 19.5 Å². The molecule has 0 aliphatic rings. The minimum absolute atomic E-state index is 0.0720. The second kappa shape index (κ2) is 7.41. The lowest BCUT2D eigenvalue weighted by Gasteiger charge is -2.29. The third-order valence-electron chi connectivity index (χ3n) is 2.65. The fourth-order valence-electron chi connectivity index (χ4n) is 1.85. The van der Waals surface area contributed by atoms with E-state index in [2.05, 4.69) is 15.3 Å². The van der Waals surface area contributed by atoms with Crippen LogP contribution in [0.5, 0.6) is 0 Å². The Kier molecular flexibility index (Phi) is 5.89. The molecule has 1 rings (SSSR count). The molecule has 0 aliphatic heterocycles.